The van der Waals surface area contributed by atoms with Crippen molar-refractivity contribution in [1.82, 2.24) is 4.98 Å². The first kappa shape index (κ1) is 18.8. The smallest absolute Gasteiger partial charge is 0.185 e. The highest BCUT2D eigenvalue weighted by atomic mass is 35.5. The Kier molecular flexibility index (Phi) is 9.12. The van der Waals surface area contributed by atoms with Gasteiger partial charge in [0.15, 0.2) is 5.96 Å². The van der Waals surface area contributed by atoms with Gasteiger partial charge in [-0.05, 0) is 12.1 Å². The Morgan fingerprint density at radius 1 is 1.10 bits per heavy atom. The largest absolute Gasteiger partial charge is 0.370 e. The minimum atomic E-state index is 0. The average molecular weight is 333 g/mol. The molecule has 0 saturated carbocycles. The molecular weight excluding hydrogens is 315 g/mol. The molecule has 110 valence electrons. The van der Waals surface area contributed by atoms with Gasteiger partial charge in [0.05, 0.1) is 17.8 Å². The van der Waals surface area contributed by atoms with Crippen LogP contribution >= 0.6 is 36.6 Å². The molecule has 1 aromatic heterocycles. The number of nitrogens with two attached hydrogens (primary N) is 2. The van der Waals surface area contributed by atoms with E-state index in [4.69, 9.17) is 11.5 Å². The highest BCUT2D eigenvalue weighted by Gasteiger charge is 1.98. The van der Waals surface area contributed by atoms with Crippen LogP contribution in [0.5, 0.6) is 0 Å². The van der Waals surface area contributed by atoms with Crippen molar-refractivity contribution in [1.29, 1.82) is 0 Å². The van der Waals surface area contributed by atoms with E-state index in [1.807, 2.05) is 18.2 Å². The maximum absolute atomic E-state index is 5.25. The molecule has 7 heteroatoms. The predicted molar refractivity (Wildman–Crippen MR) is 93.1 cm³/mol. The Morgan fingerprint density at radius 2 is 1.85 bits per heavy atom. The summed E-state index contributed by atoms with van der Waals surface area (Å²) in [6.45, 7) is 0.653. The first-order valence-corrected chi connectivity index (χ1v) is 6.89. The number of aliphatic imine (C=N–C) groups is 1. The molecular formula is C13H18Cl2N4S. The third-order valence-corrected chi connectivity index (χ3v) is 3.41. The number of guanidine groups is 1. The van der Waals surface area contributed by atoms with Crippen molar-refractivity contribution in [2.75, 3.05) is 12.3 Å². The Labute approximate surface area is 135 Å². The molecule has 0 atom stereocenters. The summed E-state index contributed by atoms with van der Waals surface area (Å²) in [5.41, 5.74) is 12.6. The van der Waals surface area contributed by atoms with Crippen LogP contribution in [-0.4, -0.2) is 23.2 Å². The second kappa shape index (κ2) is 9.69. The molecule has 0 unspecified atom stereocenters. The minimum absolute atomic E-state index is 0. The van der Waals surface area contributed by atoms with Crippen molar-refractivity contribution < 1.29 is 0 Å². The lowest BCUT2D eigenvalue weighted by molar-refractivity contribution is 1.12. The van der Waals surface area contributed by atoms with Gasteiger partial charge in [-0.15, -0.1) is 24.8 Å². The van der Waals surface area contributed by atoms with Crippen LogP contribution in [0.1, 0.15) is 5.69 Å². The van der Waals surface area contributed by atoms with Gasteiger partial charge in [0.1, 0.15) is 0 Å². The first-order valence-electron chi connectivity index (χ1n) is 5.73. The van der Waals surface area contributed by atoms with Crippen LogP contribution in [-0.2, 0) is 5.75 Å². The number of rotatable bonds is 5. The van der Waals surface area contributed by atoms with Crippen LogP contribution in [0.2, 0.25) is 0 Å². The number of benzene rings is 1. The number of hydrogen-bond donors (Lipinski definition) is 2. The van der Waals surface area contributed by atoms with Crippen LogP contribution in [0.4, 0.5) is 0 Å². The van der Waals surface area contributed by atoms with Gasteiger partial charge >= 0.3 is 0 Å². The topological polar surface area (TPSA) is 77.3 Å². The maximum atomic E-state index is 5.25. The van der Waals surface area contributed by atoms with Crippen molar-refractivity contribution in [2.45, 2.75) is 5.75 Å². The van der Waals surface area contributed by atoms with Gasteiger partial charge in [-0.25, -0.2) is 0 Å². The molecule has 0 aliphatic rings. The number of nitrogens with zero attached hydrogens (tertiary/aromatic N) is 2. The minimum Gasteiger partial charge on any atom is -0.370 e. The van der Waals surface area contributed by atoms with E-state index in [0.29, 0.717) is 6.54 Å². The fraction of sp³-hybridized carbons (Fsp3) is 0.231. The number of hydrogen-bond acceptors (Lipinski definition) is 3. The molecule has 0 aliphatic carbocycles. The fourth-order valence-corrected chi connectivity index (χ4v) is 2.34. The van der Waals surface area contributed by atoms with Crippen LogP contribution in [0, 0.1) is 0 Å². The number of thioether (sulfide) groups is 1. The molecule has 20 heavy (non-hydrogen) atoms. The Bertz CT molecular complexity index is 559. The lowest BCUT2D eigenvalue weighted by Crippen LogP contribution is -2.23. The number of pyridine rings is 1. The van der Waals surface area contributed by atoms with Crippen LogP contribution < -0.4 is 11.5 Å². The van der Waals surface area contributed by atoms with Crippen molar-refractivity contribution in [2.24, 2.45) is 16.5 Å². The lowest BCUT2D eigenvalue weighted by atomic mass is 10.2. The van der Waals surface area contributed by atoms with E-state index in [1.54, 1.807) is 11.8 Å². The van der Waals surface area contributed by atoms with Gasteiger partial charge in [0.2, 0.25) is 0 Å². The van der Waals surface area contributed by atoms with Crippen LogP contribution in [0.3, 0.4) is 0 Å². The number of para-hydroxylation sites is 1. The molecule has 0 radical (unpaired) electrons. The molecule has 0 amide bonds. The SMILES string of the molecule is Cl.Cl.NC(N)=NCCSCc1ccc2ccccc2n1. The van der Waals surface area contributed by atoms with E-state index < -0.39 is 0 Å². The van der Waals surface area contributed by atoms with Crippen molar-refractivity contribution in [3.8, 4) is 0 Å². The third kappa shape index (κ3) is 5.86. The van der Waals surface area contributed by atoms with Crippen molar-refractivity contribution in [3.63, 3.8) is 0 Å². The molecule has 1 heterocycles. The van der Waals surface area contributed by atoms with E-state index in [0.717, 1.165) is 22.7 Å². The highest BCUT2D eigenvalue weighted by Crippen LogP contribution is 2.15. The molecule has 4 N–H and O–H groups in total. The summed E-state index contributed by atoms with van der Waals surface area (Å²) >= 11 is 1.78. The monoisotopic (exact) mass is 332 g/mol. The van der Waals surface area contributed by atoms with Crippen LogP contribution in [0.15, 0.2) is 41.4 Å². The third-order valence-electron chi connectivity index (χ3n) is 2.44. The number of aromatic nitrogens is 1. The van der Waals surface area contributed by atoms with E-state index in [9.17, 15) is 0 Å². The normalized spacial score (nSPS) is 9.40. The van der Waals surface area contributed by atoms with Gasteiger partial charge in [-0.3, -0.25) is 9.98 Å². The van der Waals surface area contributed by atoms with E-state index in [1.165, 1.54) is 5.39 Å². The molecule has 2 aromatic rings. The Balaban J connectivity index is 0.00000180. The van der Waals surface area contributed by atoms with Crippen molar-refractivity contribution in [3.05, 3.63) is 42.1 Å². The zero-order valence-electron chi connectivity index (χ0n) is 10.9. The zero-order chi connectivity index (χ0) is 12.8. The van der Waals surface area contributed by atoms with Crippen molar-refractivity contribution >= 4 is 53.4 Å². The average Bonchev–Trinajstić information content (AvgIpc) is 2.38. The molecule has 0 saturated heterocycles. The Hall–Kier alpha value is -1.17. The second-order valence-corrected chi connectivity index (χ2v) is 4.96. The molecule has 2 rings (SSSR count). The van der Waals surface area contributed by atoms with E-state index in [-0.39, 0.29) is 30.8 Å². The van der Waals surface area contributed by atoms with E-state index >= 15 is 0 Å². The quantitative estimate of drug-likeness (QED) is 0.501. The summed E-state index contributed by atoms with van der Waals surface area (Å²) in [7, 11) is 0. The van der Waals surface area contributed by atoms with Gasteiger partial charge in [0.25, 0.3) is 0 Å². The highest BCUT2D eigenvalue weighted by molar-refractivity contribution is 7.98. The van der Waals surface area contributed by atoms with Gasteiger partial charge in [-0.1, -0.05) is 24.3 Å². The van der Waals surface area contributed by atoms with Gasteiger partial charge in [0, 0.05) is 16.9 Å². The summed E-state index contributed by atoms with van der Waals surface area (Å²) < 4.78 is 0. The van der Waals surface area contributed by atoms with Gasteiger partial charge < -0.3 is 11.5 Å². The lowest BCUT2D eigenvalue weighted by Gasteiger charge is -2.02. The summed E-state index contributed by atoms with van der Waals surface area (Å²) in [5.74, 6) is 1.93. The summed E-state index contributed by atoms with van der Waals surface area (Å²) in [4.78, 5) is 8.54. The summed E-state index contributed by atoms with van der Waals surface area (Å²) in [6.07, 6.45) is 0. The molecule has 0 bridgehead atoms. The molecule has 4 nitrogen and oxygen atoms in total. The molecule has 1 aromatic carbocycles. The molecule has 0 fully saturated rings. The van der Waals surface area contributed by atoms with Gasteiger partial charge in [-0.2, -0.15) is 11.8 Å². The van der Waals surface area contributed by atoms with Crippen LogP contribution in [0.25, 0.3) is 10.9 Å². The molecule has 0 aliphatic heterocycles. The Morgan fingerprint density at radius 3 is 2.60 bits per heavy atom. The standard InChI is InChI=1S/C13H16N4S.2ClH/c14-13(15)16-7-8-18-9-11-6-5-10-3-1-2-4-12(10)17-11;;/h1-6H,7-9H2,(H4,14,15,16);2*1H. The second-order valence-electron chi connectivity index (χ2n) is 3.85. The first-order chi connectivity index (χ1) is 8.75. The summed E-state index contributed by atoms with van der Waals surface area (Å²) in [6, 6.07) is 12.3. The van der Waals surface area contributed by atoms with E-state index in [2.05, 4.69) is 28.2 Å². The maximum Gasteiger partial charge on any atom is 0.185 e. The number of halogens is 2. The fourth-order valence-electron chi connectivity index (χ4n) is 1.60. The predicted octanol–water partition coefficient (Wildman–Crippen LogP) is 2.59. The number of fused-ring (bicyclic) bond motifs is 1. The zero-order valence-corrected chi connectivity index (χ0v) is 13.3. The molecule has 0 spiro atoms. The summed E-state index contributed by atoms with van der Waals surface area (Å²) in [5, 5.41) is 1.17.